The standard InChI is InChI=1S/C12H18O7/c1-3-11(16)18-7-10(6-14)19-12(17)8(2)4-9(15)5-13/h3,9-10,13-15H,1-2,4-7H2. The van der Waals surface area contributed by atoms with E-state index in [1.165, 1.54) is 0 Å². The normalized spacial score (nSPS) is 13.2. The monoisotopic (exact) mass is 274 g/mol. The fraction of sp³-hybridized carbons (Fsp3) is 0.500. The van der Waals surface area contributed by atoms with Crippen LogP contribution < -0.4 is 0 Å². The number of esters is 2. The molecular formula is C12H18O7. The third-order valence-electron chi connectivity index (χ3n) is 2.04. The number of rotatable bonds is 9. The van der Waals surface area contributed by atoms with E-state index in [-0.39, 0.29) is 18.6 Å². The van der Waals surface area contributed by atoms with Gasteiger partial charge >= 0.3 is 11.9 Å². The van der Waals surface area contributed by atoms with Crippen LogP contribution in [0.2, 0.25) is 0 Å². The fourth-order valence-electron chi connectivity index (χ4n) is 1.03. The predicted molar refractivity (Wildman–Crippen MR) is 65.0 cm³/mol. The van der Waals surface area contributed by atoms with Crippen molar-refractivity contribution in [3.63, 3.8) is 0 Å². The minimum atomic E-state index is -1.11. The van der Waals surface area contributed by atoms with Crippen LogP contribution in [0.4, 0.5) is 0 Å². The molecule has 0 aliphatic heterocycles. The molecule has 0 aromatic carbocycles. The van der Waals surface area contributed by atoms with E-state index in [2.05, 4.69) is 17.9 Å². The highest BCUT2D eigenvalue weighted by Crippen LogP contribution is 2.07. The van der Waals surface area contributed by atoms with Gasteiger partial charge in [0.15, 0.2) is 6.10 Å². The molecule has 0 fully saturated rings. The average molecular weight is 274 g/mol. The van der Waals surface area contributed by atoms with E-state index in [1.54, 1.807) is 0 Å². The number of hydrogen-bond donors (Lipinski definition) is 3. The van der Waals surface area contributed by atoms with Crippen LogP contribution in [0.3, 0.4) is 0 Å². The van der Waals surface area contributed by atoms with Crippen LogP contribution in [0.1, 0.15) is 6.42 Å². The molecule has 2 unspecified atom stereocenters. The van der Waals surface area contributed by atoms with Gasteiger partial charge < -0.3 is 24.8 Å². The van der Waals surface area contributed by atoms with E-state index in [0.717, 1.165) is 6.08 Å². The number of carbonyl (C=O) groups excluding carboxylic acids is 2. The van der Waals surface area contributed by atoms with Crippen molar-refractivity contribution < 1.29 is 34.4 Å². The quantitative estimate of drug-likeness (QED) is 0.362. The smallest absolute Gasteiger partial charge is 0.333 e. The molecule has 0 spiro atoms. The van der Waals surface area contributed by atoms with Crippen LogP contribution in [-0.2, 0) is 19.1 Å². The highest BCUT2D eigenvalue weighted by molar-refractivity contribution is 5.88. The molecule has 0 aromatic heterocycles. The van der Waals surface area contributed by atoms with Gasteiger partial charge in [0.25, 0.3) is 0 Å². The summed E-state index contributed by atoms with van der Waals surface area (Å²) in [6.45, 7) is 5.22. The maximum atomic E-state index is 11.5. The van der Waals surface area contributed by atoms with Crippen molar-refractivity contribution in [2.75, 3.05) is 19.8 Å². The molecule has 0 rings (SSSR count). The van der Waals surface area contributed by atoms with Gasteiger partial charge in [-0.15, -0.1) is 0 Å². The van der Waals surface area contributed by atoms with E-state index in [4.69, 9.17) is 20.1 Å². The topological polar surface area (TPSA) is 113 Å². The summed E-state index contributed by atoms with van der Waals surface area (Å²) in [4.78, 5) is 22.3. The van der Waals surface area contributed by atoms with E-state index < -0.39 is 37.4 Å². The van der Waals surface area contributed by atoms with Crippen molar-refractivity contribution in [2.24, 2.45) is 0 Å². The SMILES string of the molecule is C=CC(=O)OCC(CO)OC(=O)C(=C)CC(O)CO. The molecular weight excluding hydrogens is 256 g/mol. The van der Waals surface area contributed by atoms with Gasteiger partial charge in [0.1, 0.15) is 6.61 Å². The second-order valence-corrected chi connectivity index (χ2v) is 3.69. The minimum Gasteiger partial charge on any atom is -0.458 e. The number of aliphatic hydroxyl groups is 3. The lowest BCUT2D eigenvalue weighted by Gasteiger charge is -2.16. The molecule has 7 heteroatoms. The summed E-state index contributed by atoms with van der Waals surface area (Å²) in [5.74, 6) is -1.55. The molecule has 0 amide bonds. The Balaban J connectivity index is 4.22. The lowest BCUT2D eigenvalue weighted by Crippen LogP contribution is -2.29. The lowest BCUT2D eigenvalue weighted by molar-refractivity contribution is -0.156. The predicted octanol–water partition coefficient (Wildman–Crippen LogP) is -1.08. The van der Waals surface area contributed by atoms with Crippen LogP contribution in [0, 0.1) is 0 Å². The van der Waals surface area contributed by atoms with E-state index in [0.29, 0.717) is 0 Å². The molecule has 2 atom stereocenters. The summed E-state index contributed by atoms with van der Waals surface area (Å²) in [7, 11) is 0. The summed E-state index contributed by atoms with van der Waals surface area (Å²) in [5, 5.41) is 26.7. The van der Waals surface area contributed by atoms with Crippen molar-refractivity contribution in [3.8, 4) is 0 Å². The first-order valence-electron chi connectivity index (χ1n) is 5.52. The Kier molecular flexibility index (Phi) is 8.43. The minimum absolute atomic E-state index is 0.0601. The zero-order valence-electron chi connectivity index (χ0n) is 10.4. The van der Waals surface area contributed by atoms with Gasteiger partial charge in [0.05, 0.1) is 19.3 Å². The summed E-state index contributed by atoms with van der Waals surface area (Å²) in [6, 6.07) is 0. The molecule has 0 aliphatic carbocycles. The van der Waals surface area contributed by atoms with Gasteiger partial charge in [-0.25, -0.2) is 9.59 Å². The number of aliphatic hydroxyl groups excluding tert-OH is 3. The summed E-state index contributed by atoms with van der Waals surface area (Å²) in [5.41, 5.74) is -0.0601. The van der Waals surface area contributed by atoms with Crippen molar-refractivity contribution in [3.05, 3.63) is 24.8 Å². The zero-order chi connectivity index (χ0) is 14.8. The Morgan fingerprint density at radius 1 is 1.26 bits per heavy atom. The highest BCUT2D eigenvalue weighted by Gasteiger charge is 2.19. The Morgan fingerprint density at radius 2 is 1.89 bits per heavy atom. The van der Waals surface area contributed by atoms with Crippen LogP contribution >= 0.6 is 0 Å². The van der Waals surface area contributed by atoms with Crippen LogP contribution in [0.15, 0.2) is 24.8 Å². The average Bonchev–Trinajstić information content (AvgIpc) is 2.42. The molecule has 0 aromatic rings. The first-order valence-corrected chi connectivity index (χ1v) is 5.52. The van der Waals surface area contributed by atoms with E-state index in [9.17, 15) is 9.59 Å². The van der Waals surface area contributed by atoms with E-state index in [1.807, 2.05) is 0 Å². The lowest BCUT2D eigenvalue weighted by atomic mass is 10.1. The Hall–Kier alpha value is -1.70. The summed E-state index contributed by atoms with van der Waals surface area (Å²) >= 11 is 0. The third-order valence-corrected chi connectivity index (χ3v) is 2.04. The number of ether oxygens (including phenoxy) is 2. The Labute approximate surface area is 110 Å². The largest absolute Gasteiger partial charge is 0.458 e. The summed E-state index contributed by atoms with van der Waals surface area (Å²) < 4.78 is 9.42. The van der Waals surface area contributed by atoms with Crippen molar-refractivity contribution in [1.29, 1.82) is 0 Å². The Bertz CT molecular complexity index is 337. The molecule has 19 heavy (non-hydrogen) atoms. The van der Waals surface area contributed by atoms with Crippen LogP contribution in [-0.4, -0.2) is 59.3 Å². The molecule has 0 heterocycles. The molecule has 0 saturated heterocycles. The second-order valence-electron chi connectivity index (χ2n) is 3.69. The fourth-order valence-corrected chi connectivity index (χ4v) is 1.03. The first kappa shape index (κ1) is 17.3. The van der Waals surface area contributed by atoms with Crippen molar-refractivity contribution in [2.45, 2.75) is 18.6 Å². The zero-order valence-corrected chi connectivity index (χ0v) is 10.4. The molecule has 0 aliphatic rings. The van der Waals surface area contributed by atoms with Crippen LogP contribution in [0.5, 0.6) is 0 Å². The van der Waals surface area contributed by atoms with Crippen molar-refractivity contribution in [1.82, 2.24) is 0 Å². The van der Waals surface area contributed by atoms with Gasteiger partial charge in [-0.1, -0.05) is 13.2 Å². The molecule has 108 valence electrons. The number of hydrogen-bond acceptors (Lipinski definition) is 7. The van der Waals surface area contributed by atoms with Gasteiger partial charge in [0.2, 0.25) is 0 Å². The molecule has 3 N–H and O–H groups in total. The highest BCUT2D eigenvalue weighted by atomic mass is 16.6. The van der Waals surface area contributed by atoms with Crippen molar-refractivity contribution >= 4 is 11.9 Å². The third kappa shape index (κ3) is 7.35. The molecule has 0 radical (unpaired) electrons. The van der Waals surface area contributed by atoms with Gasteiger partial charge in [-0.05, 0) is 0 Å². The first-order chi connectivity index (χ1) is 8.94. The molecule has 0 bridgehead atoms. The molecule has 7 nitrogen and oxygen atoms in total. The van der Waals surface area contributed by atoms with Gasteiger partial charge in [-0.2, -0.15) is 0 Å². The molecule has 0 saturated carbocycles. The maximum absolute atomic E-state index is 11.5. The van der Waals surface area contributed by atoms with Crippen LogP contribution in [0.25, 0.3) is 0 Å². The summed E-state index contributed by atoms with van der Waals surface area (Å²) in [6.07, 6.45) is -1.35. The maximum Gasteiger partial charge on any atom is 0.333 e. The second kappa shape index (κ2) is 9.26. The van der Waals surface area contributed by atoms with Gasteiger partial charge in [-0.3, -0.25) is 0 Å². The Morgan fingerprint density at radius 3 is 2.37 bits per heavy atom. The van der Waals surface area contributed by atoms with E-state index >= 15 is 0 Å². The number of carbonyl (C=O) groups is 2. The van der Waals surface area contributed by atoms with Gasteiger partial charge in [0, 0.05) is 18.1 Å².